The minimum absolute atomic E-state index is 0.0405. The smallest absolute Gasteiger partial charge is 0.410 e. The van der Waals surface area contributed by atoms with Crippen LogP contribution in [-0.4, -0.2) is 56.2 Å². The molecule has 0 aromatic carbocycles. The van der Waals surface area contributed by atoms with Crippen LogP contribution in [0.1, 0.15) is 67.7 Å². The normalized spacial score (nSPS) is 21.1. The Morgan fingerprint density at radius 1 is 1.20 bits per heavy atom. The molecule has 0 spiro atoms. The summed E-state index contributed by atoms with van der Waals surface area (Å²) in [4.78, 5) is 26.8. The van der Waals surface area contributed by atoms with E-state index in [1.54, 1.807) is 11.8 Å². The number of nitrogens with zero attached hydrogens (tertiary/aromatic N) is 2. The van der Waals surface area contributed by atoms with Crippen molar-refractivity contribution in [3.8, 4) is 6.07 Å². The summed E-state index contributed by atoms with van der Waals surface area (Å²) >= 11 is 0. The lowest BCUT2D eigenvalue weighted by atomic mass is 9.91. The summed E-state index contributed by atoms with van der Waals surface area (Å²) in [7, 11) is -2.04. The van der Waals surface area contributed by atoms with Crippen molar-refractivity contribution in [3.05, 3.63) is 0 Å². The molecule has 0 radical (unpaired) electrons. The van der Waals surface area contributed by atoms with E-state index in [9.17, 15) is 14.9 Å². The number of rotatable bonds is 7. The van der Waals surface area contributed by atoms with E-state index in [-0.39, 0.29) is 48.5 Å². The predicted molar refractivity (Wildman–Crippen MR) is 118 cm³/mol. The van der Waals surface area contributed by atoms with E-state index in [1.807, 2.05) is 20.8 Å². The third kappa shape index (κ3) is 7.58. The molecule has 1 rings (SSSR count). The van der Waals surface area contributed by atoms with Gasteiger partial charge in [0.15, 0.2) is 8.32 Å². The zero-order valence-electron chi connectivity index (χ0n) is 20.2. The lowest BCUT2D eigenvalue weighted by Crippen LogP contribution is -2.45. The highest BCUT2D eigenvalue weighted by Gasteiger charge is 2.46. The molecule has 0 saturated carbocycles. The van der Waals surface area contributed by atoms with Gasteiger partial charge in [-0.15, -0.1) is 0 Å². The molecular formula is C22H40N2O5Si. The summed E-state index contributed by atoms with van der Waals surface area (Å²) in [6.45, 7) is 18.8. The molecule has 0 aromatic heterocycles. The van der Waals surface area contributed by atoms with E-state index in [1.165, 1.54) is 0 Å². The number of ether oxygens (including phenoxy) is 2. The van der Waals surface area contributed by atoms with Crippen molar-refractivity contribution in [2.75, 3.05) is 13.2 Å². The van der Waals surface area contributed by atoms with Crippen molar-refractivity contribution < 1.29 is 23.5 Å². The third-order valence-corrected chi connectivity index (χ3v) is 10.4. The van der Waals surface area contributed by atoms with E-state index >= 15 is 0 Å². The van der Waals surface area contributed by atoms with E-state index in [2.05, 4.69) is 39.9 Å². The molecule has 0 N–H and O–H groups in total. The second-order valence-electron chi connectivity index (χ2n) is 10.6. The molecule has 30 heavy (non-hydrogen) atoms. The maximum absolute atomic E-state index is 13.0. The molecule has 8 heteroatoms. The highest BCUT2D eigenvalue weighted by Crippen LogP contribution is 2.40. The van der Waals surface area contributed by atoms with Gasteiger partial charge in [-0.3, -0.25) is 4.79 Å². The van der Waals surface area contributed by atoms with Crippen molar-refractivity contribution in [1.82, 2.24) is 4.90 Å². The first kappa shape index (κ1) is 26.4. The number of likely N-dealkylation sites (tertiary alicyclic amines) is 1. The van der Waals surface area contributed by atoms with Crippen LogP contribution in [0.3, 0.4) is 0 Å². The molecule has 0 aliphatic carbocycles. The standard InChI is InChI=1S/C22H40N2O5Si/c1-10-27-19(25)13-16(11-12-23)18-14-17(29-30(8,9)22(5,6)7)15-24(18)20(26)28-21(2,3)4/h16-18H,10-11,13-15H2,1-9H3. The fourth-order valence-corrected chi connectivity index (χ4v) is 4.74. The van der Waals surface area contributed by atoms with Crippen LogP contribution in [0.5, 0.6) is 0 Å². The first-order valence-corrected chi connectivity index (χ1v) is 13.7. The van der Waals surface area contributed by atoms with Crippen LogP contribution in [0, 0.1) is 17.2 Å². The zero-order valence-corrected chi connectivity index (χ0v) is 21.2. The monoisotopic (exact) mass is 440 g/mol. The molecule has 1 aliphatic heterocycles. The summed E-state index contributed by atoms with van der Waals surface area (Å²) < 4.78 is 17.3. The lowest BCUT2D eigenvalue weighted by molar-refractivity contribution is -0.144. The number of esters is 1. The number of nitriles is 1. The van der Waals surface area contributed by atoms with Gasteiger partial charge in [0.1, 0.15) is 5.60 Å². The first-order valence-electron chi connectivity index (χ1n) is 10.8. The van der Waals surface area contributed by atoms with Gasteiger partial charge in [-0.2, -0.15) is 5.26 Å². The van der Waals surface area contributed by atoms with Crippen molar-refractivity contribution in [2.45, 2.75) is 104 Å². The van der Waals surface area contributed by atoms with E-state index in [0.29, 0.717) is 13.0 Å². The summed E-state index contributed by atoms with van der Waals surface area (Å²) in [5.74, 6) is -0.676. The number of amides is 1. The summed E-state index contributed by atoms with van der Waals surface area (Å²) in [5, 5.41) is 9.39. The Morgan fingerprint density at radius 2 is 1.80 bits per heavy atom. The second-order valence-corrected chi connectivity index (χ2v) is 15.3. The van der Waals surface area contributed by atoms with E-state index in [0.717, 1.165) is 0 Å². The van der Waals surface area contributed by atoms with Crippen LogP contribution in [0.15, 0.2) is 0 Å². The fourth-order valence-electron chi connectivity index (χ4n) is 3.38. The molecule has 3 unspecified atom stereocenters. The Kier molecular flexibility index (Phi) is 8.94. The molecule has 0 aromatic rings. The first-order chi connectivity index (χ1) is 13.6. The molecule has 0 bridgehead atoms. The Hall–Kier alpha value is -1.59. The van der Waals surface area contributed by atoms with Crippen molar-refractivity contribution in [3.63, 3.8) is 0 Å². The van der Waals surface area contributed by atoms with E-state index < -0.39 is 20.0 Å². The van der Waals surface area contributed by atoms with Gasteiger partial charge < -0.3 is 18.8 Å². The topological polar surface area (TPSA) is 88.9 Å². The highest BCUT2D eigenvalue weighted by molar-refractivity contribution is 6.74. The van der Waals surface area contributed by atoms with Gasteiger partial charge in [-0.1, -0.05) is 20.8 Å². The predicted octanol–water partition coefficient (Wildman–Crippen LogP) is 4.87. The van der Waals surface area contributed by atoms with Crippen LogP contribution in [0.2, 0.25) is 18.1 Å². The Bertz CT molecular complexity index is 645. The molecule has 1 amide bonds. The number of hydrogen-bond acceptors (Lipinski definition) is 6. The van der Waals surface area contributed by atoms with Gasteiger partial charge in [-0.05, 0) is 52.2 Å². The molecule has 1 aliphatic rings. The van der Waals surface area contributed by atoms with Crippen molar-refractivity contribution in [1.29, 1.82) is 5.26 Å². The molecular weight excluding hydrogens is 400 g/mol. The number of carbonyl (C=O) groups is 2. The molecule has 7 nitrogen and oxygen atoms in total. The number of carbonyl (C=O) groups excluding carboxylic acids is 2. The summed E-state index contributed by atoms with van der Waals surface area (Å²) in [5.41, 5.74) is -0.633. The van der Waals surface area contributed by atoms with Crippen LogP contribution in [0.4, 0.5) is 4.79 Å². The second kappa shape index (κ2) is 10.1. The minimum atomic E-state index is -2.04. The maximum atomic E-state index is 13.0. The average molecular weight is 441 g/mol. The quantitative estimate of drug-likeness (QED) is 0.414. The minimum Gasteiger partial charge on any atom is -0.466 e. The van der Waals surface area contributed by atoms with Gasteiger partial charge in [-0.25, -0.2) is 4.79 Å². The lowest BCUT2D eigenvalue weighted by Gasteiger charge is -2.38. The molecule has 1 fully saturated rings. The van der Waals surface area contributed by atoms with Gasteiger partial charge in [0, 0.05) is 24.9 Å². The highest BCUT2D eigenvalue weighted by atomic mass is 28.4. The van der Waals surface area contributed by atoms with Crippen LogP contribution < -0.4 is 0 Å². The molecule has 172 valence electrons. The average Bonchev–Trinajstić information content (AvgIpc) is 2.95. The number of hydrogen-bond donors (Lipinski definition) is 0. The van der Waals surface area contributed by atoms with E-state index in [4.69, 9.17) is 13.9 Å². The van der Waals surface area contributed by atoms with Crippen LogP contribution >= 0.6 is 0 Å². The molecule has 1 saturated heterocycles. The van der Waals surface area contributed by atoms with Crippen LogP contribution in [0.25, 0.3) is 0 Å². The Labute approximate surface area is 183 Å². The largest absolute Gasteiger partial charge is 0.466 e. The maximum Gasteiger partial charge on any atom is 0.410 e. The Balaban J connectivity index is 3.13. The van der Waals surface area contributed by atoms with Gasteiger partial charge in [0.05, 0.1) is 25.2 Å². The van der Waals surface area contributed by atoms with Gasteiger partial charge >= 0.3 is 12.1 Å². The van der Waals surface area contributed by atoms with Crippen molar-refractivity contribution in [2.24, 2.45) is 5.92 Å². The fraction of sp³-hybridized carbons (Fsp3) is 0.864. The molecule has 1 heterocycles. The SMILES string of the molecule is CCOC(=O)CC(CC#N)C1CC(O[Si](C)(C)C(C)(C)C)CN1C(=O)OC(C)(C)C. The third-order valence-electron chi connectivity index (χ3n) is 5.83. The van der Waals surface area contributed by atoms with Crippen molar-refractivity contribution >= 4 is 20.4 Å². The zero-order chi connectivity index (χ0) is 23.3. The van der Waals surface area contributed by atoms with Gasteiger partial charge in [0.2, 0.25) is 0 Å². The van der Waals surface area contributed by atoms with Crippen LogP contribution in [-0.2, 0) is 18.7 Å². The summed E-state index contributed by atoms with van der Waals surface area (Å²) in [6, 6.07) is 1.86. The summed E-state index contributed by atoms with van der Waals surface area (Å²) in [6.07, 6.45) is 0.262. The molecule has 3 atom stereocenters. The Morgan fingerprint density at radius 3 is 2.27 bits per heavy atom. The van der Waals surface area contributed by atoms with Gasteiger partial charge in [0.25, 0.3) is 0 Å².